The zero-order valence-corrected chi connectivity index (χ0v) is 15.2. The smallest absolute Gasteiger partial charge is 0.00734 e. The van der Waals surface area contributed by atoms with Crippen LogP contribution < -0.4 is 0 Å². The molecule has 0 spiro atoms. The van der Waals surface area contributed by atoms with Gasteiger partial charge in [-0.15, -0.1) is 0 Å². The monoisotopic (exact) mass is 326 g/mol. The summed E-state index contributed by atoms with van der Waals surface area (Å²) in [4.78, 5) is 0. The highest BCUT2D eigenvalue weighted by molar-refractivity contribution is 5.98. The second kappa shape index (κ2) is 8.48. The summed E-state index contributed by atoms with van der Waals surface area (Å²) >= 11 is 0. The number of benzene rings is 3. The summed E-state index contributed by atoms with van der Waals surface area (Å²) in [5.41, 5.74) is 8.05. The Morgan fingerprint density at radius 1 is 0.680 bits per heavy atom. The lowest BCUT2D eigenvalue weighted by Crippen LogP contribution is -1.96. The molecular weight excluding hydrogens is 300 g/mol. The Balaban J connectivity index is 2.26. The first-order valence-electron chi connectivity index (χ1n) is 9.20. The van der Waals surface area contributed by atoms with Gasteiger partial charge in [0, 0.05) is 0 Å². The van der Waals surface area contributed by atoms with Gasteiger partial charge in [0.25, 0.3) is 0 Å². The van der Waals surface area contributed by atoms with E-state index in [1.54, 1.807) is 0 Å². The molecule has 0 bridgehead atoms. The van der Waals surface area contributed by atoms with Crippen molar-refractivity contribution in [2.75, 3.05) is 0 Å². The summed E-state index contributed by atoms with van der Waals surface area (Å²) < 4.78 is 0. The maximum Gasteiger partial charge on any atom is -0.00734 e. The predicted molar refractivity (Wildman–Crippen MR) is 110 cm³/mol. The molecule has 25 heavy (non-hydrogen) atoms. The Bertz CT molecular complexity index is 785. The quantitative estimate of drug-likeness (QED) is 0.422. The Morgan fingerprint density at radius 2 is 1.24 bits per heavy atom. The van der Waals surface area contributed by atoms with Crippen LogP contribution in [0.25, 0.3) is 11.1 Å². The van der Waals surface area contributed by atoms with Crippen molar-refractivity contribution >= 4 is 11.1 Å². The normalized spacial score (nSPS) is 10.5. The molecule has 0 heteroatoms. The Labute approximate surface area is 151 Å². The fraction of sp³-hybridized carbons (Fsp3) is 0.200. The van der Waals surface area contributed by atoms with Crippen molar-refractivity contribution in [3.8, 4) is 0 Å². The lowest BCUT2D eigenvalue weighted by molar-refractivity contribution is 0.825. The van der Waals surface area contributed by atoms with Gasteiger partial charge in [-0.1, -0.05) is 104 Å². The molecule has 0 atom stereocenters. The van der Waals surface area contributed by atoms with Gasteiger partial charge in [0.15, 0.2) is 0 Å². The largest absolute Gasteiger partial charge is 0.0654 e. The van der Waals surface area contributed by atoms with E-state index in [4.69, 9.17) is 0 Å². The fourth-order valence-electron chi connectivity index (χ4n) is 3.32. The van der Waals surface area contributed by atoms with Crippen molar-refractivity contribution in [2.24, 2.45) is 0 Å². The van der Waals surface area contributed by atoms with Crippen LogP contribution in [0.15, 0.2) is 84.9 Å². The predicted octanol–water partition coefficient (Wildman–Crippen LogP) is 7.14. The SMILES string of the molecule is CCCCC(=C(c1ccccc1)c1ccccc1)c1cccc(C)c1. The van der Waals surface area contributed by atoms with Gasteiger partial charge in [-0.2, -0.15) is 0 Å². The van der Waals surface area contributed by atoms with Crippen LogP contribution in [0.4, 0.5) is 0 Å². The summed E-state index contributed by atoms with van der Waals surface area (Å²) in [6.45, 7) is 4.43. The molecule has 3 rings (SSSR count). The molecule has 0 aliphatic rings. The standard InChI is InChI=1S/C25H26/c1-3-4-18-24(23-17-11-12-20(2)19-23)25(21-13-7-5-8-14-21)22-15-9-6-10-16-22/h5-17,19H,3-4,18H2,1-2H3. The molecular formula is C25H26. The summed E-state index contributed by atoms with van der Waals surface area (Å²) in [5, 5.41) is 0. The van der Waals surface area contributed by atoms with E-state index in [1.807, 2.05) is 0 Å². The van der Waals surface area contributed by atoms with Gasteiger partial charge in [0.2, 0.25) is 0 Å². The van der Waals surface area contributed by atoms with Gasteiger partial charge < -0.3 is 0 Å². The molecule has 3 aromatic carbocycles. The number of aryl methyl sites for hydroxylation is 1. The first kappa shape index (κ1) is 17.2. The van der Waals surface area contributed by atoms with Crippen molar-refractivity contribution in [1.29, 1.82) is 0 Å². The maximum absolute atomic E-state index is 2.32. The Hall–Kier alpha value is -2.60. The topological polar surface area (TPSA) is 0 Å². The van der Waals surface area contributed by atoms with E-state index in [0.29, 0.717) is 0 Å². The lowest BCUT2D eigenvalue weighted by Gasteiger charge is -2.18. The molecule has 0 saturated heterocycles. The molecule has 0 radical (unpaired) electrons. The molecule has 0 amide bonds. The third-order valence-electron chi connectivity index (χ3n) is 4.57. The highest BCUT2D eigenvalue weighted by Crippen LogP contribution is 2.35. The summed E-state index contributed by atoms with van der Waals surface area (Å²) in [6.07, 6.45) is 3.50. The summed E-state index contributed by atoms with van der Waals surface area (Å²) in [5.74, 6) is 0. The van der Waals surface area contributed by atoms with Gasteiger partial charge in [0.1, 0.15) is 0 Å². The van der Waals surface area contributed by atoms with E-state index in [2.05, 4.69) is 98.8 Å². The Morgan fingerprint density at radius 3 is 1.76 bits per heavy atom. The van der Waals surface area contributed by atoms with Crippen LogP contribution in [0.3, 0.4) is 0 Å². The van der Waals surface area contributed by atoms with Crippen LogP contribution in [0.2, 0.25) is 0 Å². The average molecular weight is 326 g/mol. The number of allylic oxidation sites excluding steroid dienone is 1. The van der Waals surface area contributed by atoms with Crippen molar-refractivity contribution in [3.05, 3.63) is 107 Å². The summed E-state index contributed by atoms with van der Waals surface area (Å²) in [6, 6.07) is 30.5. The van der Waals surface area contributed by atoms with Crippen LogP contribution in [0.5, 0.6) is 0 Å². The number of rotatable bonds is 6. The van der Waals surface area contributed by atoms with E-state index >= 15 is 0 Å². The molecule has 3 aromatic rings. The van der Waals surface area contributed by atoms with Crippen molar-refractivity contribution in [3.63, 3.8) is 0 Å². The molecule has 0 aliphatic carbocycles. The van der Waals surface area contributed by atoms with Gasteiger partial charge in [0.05, 0.1) is 0 Å². The first-order chi connectivity index (χ1) is 12.3. The molecule has 0 nitrogen and oxygen atoms in total. The van der Waals surface area contributed by atoms with E-state index in [-0.39, 0.29) is 0 Å². The molecule has 126 valence electrons. The van der Waals surface area contributed by atoms with Gasteiger partial charge in [-0.3, -0.25) is 0 Å². The molecule has 0 N–H and O–H groups in total. The number of hydrogen-bond acceptors (Lipinski definition) is 0. The first-order valence-corrected chi connectivity index (χ1v) is 9.20. The molecule has 0 fully saturated rings. The second-order valence-electron chi connectivity index (χ2n) is 6.56. The molecule has 0 aromatic heterocycles. The molecule has 0 saturated carbocycles. The van der Waals surface area contributed by atoms with Crippen molar-refractivity contribution in [2.45, 2.75) is 33.1 Å². The van der Waals surface area contributed by atoms with E-state index in [9.17, 15) is 0 Å². The number of hydrogen-bond donors (Lipinski definition) is 0. The summed E-state index contributed by atoms with van der Waals surface area (Å²) in [7, 11) is 0. The van der Waals surface area contributed by atoms with Gasteiger partial charge in [-0.05, 0) is 47.6 Å². The van der Waals surface area contributed by atoms with E-state index < -0.39 is 0 Å². The average Bonchev–Trinajstić information content (AvgIpc) is 2.66. The fourth-order valence-corrected chi connectivity index (χ4v) is 3.32. The number of unbranched alkanes of at least 4 members (excludes halogenated alkanes) is 1. The van der Waals surface area contributed by atoms with Crippen LogP contribution in [-0.4, -0.2) is 0 Å². The van der Waals surface area contributed by atoms with Crippen LogP contribution in [0.1, 0.15) is 48.4 Å². The Kier molecular flexibility index (Phi) is 5.85. The molecule has 0 unspecified atom stereocenters. The minimum atomic E-state index is 1.10. The lowest BCUT2D eigenvalue weighted by atomic mass is 9.86. The van der Waals surface area contributed by atoms with Gasteiger partial charge >= 0.3 is 0 Å². The highest BCUT2D eigenvalue weighted by Gasteiger charge is 2.13. The third-order valence-corrected chi connectivity index (χ3v) is 4.57. The zero-order chi connectivity index (χ0) is 17.5. The maximum atomic E-state index is 2.32. The second-order valence-corrected chi connectivity index (χ2v) is 6.56. The van der Waals surface area contributed by atoms with Crippen molar-refractivity contribution in [1.82, 2.24) is 0 Å². The minimum absolute atomic E-state index is 1.10. The molecule has 0 aliphatic heterocycles. The van der Waals surface area contributed by atoms with E-state index in [0.717, 1.165) is 6.42 Å². The van der Waals surface area contributed by atoms with Crippen LogP contribution in [-0.2, 0) is 0 Å². The zero-order valence-electron chi connectivity index (χ0n) is 15.2. The highest BCUT2D eigenvalue weighted by atomic mass is 14.2. The molecule has 0 heterocycles. The third kappa shape index (κ3) is 4.28. The minimum Gasteiger partial charge on any atom is -0.0654 e. The van der Waals surface area contributed by atoms with Crippen LogP contribution in [0, 0.1) is 6.92 Å². The van der Waals surface area contributed by atoms with Gasteiger partial charge in [-0.25, -0.2) is 0 Å². The van der Waals surface area contributed by atoms with E-state index in [1.165, 1.54) is 46.2 Å². The van der Waals surface area contributed by atoms with Crippen LogP contribution >= 0.6 is 0 Å². The van der Waals surface area contributed by atoms with Crippen molar-refractivity contribution < 1.29 is 0 Å².